The highest BCUT2D eigenvalue weighted by molar-refractivity contribution is 5.90. The van der Waals surface area contributed by atoms with Crippen molar-refractivity contribution in [2.24, 2.45) is 0 Å². The lowest BCUT2D eigenvalue weighted by Gasteiger charge is -2.31. The lowest BCUT2D eigenvalue weighted by atomic mass is 9.86. The van der Waals surface area contributed by atoms with Gasteiger partial charge in [0.1, 0.15) is 12.4 Å². The second-order valence-electron chi connectivity index (χ2n) is 7.71. The zero-order valence-corrected chi connectivity index (χ0v) is 16.4. The van der Waals surface area contributed by atoms with Crippen LogP contribution in [0.25, 0.3) is 22.3 Å². The minimum atomic E-state index is -1.85. The monoisotopic (exact) mass is 404 g/mol. The largest absolute Gasteiger partial charge is 0.508 e. The molecule has 0 unspecified atom stereocenters. The first-order valence-electron chi connectivity index (χ1n) is 9.81. The molecule has 0 fully saturated rings. The molecule has 0 spiro atoms. The third kappa shape index (κ3) is 2.32. The summed E-state index contributed by atoms with van der Waals surface area (Å²) in [6, 6.07) is 6.67. The Morgan fingerprint density at radius 2 is 2.10 bits per heavy atom. The number of phenolic OH excluding ortho intramolecular Hbond substituents is 1. The Balaban J connectivity index is 1.84. The van der Waals surface area contributed by atoms with Crippen LogP contribution in [0.4, 0.5) is 0 Å². The Morgan fingerprint density at radius 1 is 1.30 bits per heavy atom. The number of benzene rings is 1. The van der Waals surface area contributed by atoms with Crippen molar-refractivity contribution in [3.8, 4) is 17.1 Å². The van der Waals surface area contributed by atoms with Gasteiger partial charge in [-0.3, -0.25) is 4.79 Å². The van der Waals surface area contributed by atoms with Gasteiger partial charge in [-0.2, -0.15) is 0 Å². The Morgan fingerprint density at radius 3 is 2.83 bits per heavy atom. The van der Waals surface area contributed by atoms with Crippen molar-refractivity contribution in [3.05, 3.63) is 69.5 Å². The maximum Gasteiger partial charge on any atom is 0.343 e. The molecular formula is C23H20N2O5. The summed E-state index contributed by atoms with van der Waals surface area (Å²) in [7, 11) is 0. The highest BCUT2D eigenvalue weighted by Crippen LogP contribution is 2.40. The average Bonchev–Trinajstić information content (AvgIpc) is 3.10. The van der Waals surface area contributed by atoms with Crippen LogP contribution in [0.5, 0.6) is 5.75 Å². The third-order valence-electron chi connectivity index (χ3n) is 6.14. The van der Waals surface area contributed by atoms with E-state index >= 15 is 0 Å². The molecule has 2 N–H and O–H groups in total. The molecule has 0 saturated heterocycles. The van der Waals surface area contributed by atoms with E-state index in [0.717, 1.165) is 16.5 Å². The molecule has 152 valence electrons. The molecule has 30 heavy (non-hydrogen) atoms. The van der Waals surface area contributed by atoms with Gasteiger partial charge in [-0.25, -0.2) is 9.78 Å². The van der Waals surface area contributed by atoms with E-state index in [4.69, 9.17) is 9.72 Å². The number of esters is 1. The smallest absolute Gasteiger partial charge is 0.343 e. The van der Waals surface area contributed by atoms with Crippen LogP contribution in [-0.4, -0.2) is 25.7 Å². The van der Waals surface area contributed by atoms with Crippen molar-refractivity contribution in [2.45, 2.75) is 38.5 Å². The van der Waals surface area contributed by atoms with Crippen LogP contribution in [0.2, 0.25) is 0 Å². The fraction of sp³-hybridized carbons (Fsp3) is 0.261. The minimum Gasteiger partial charge on any atom is -0.508 e. The van der Waals surface area contributed by atoms with Crippen molar-refractivity contribution in [3.63, 3.8) is 0 Å². The zero-order chi connectivity index (χ0) is 21.2. The van der Waals surface area contributed by atoms with Crippen LogP contribution < -0.4 is 5.56 Å². The molecule has 7 heteroatoms. The number of pyridine rings is 2. The maximum atomic E-state index is 13.3. The van der Waals surface area contributed by atoms with E-state index in [1.165, 1.54) is 0 Å². The fourth-order valence-corrected chi connectivity index (χ4v) is 4.53. The third-order valence-corrected chi connectivity index (χ3v) is 6.14. The molecule has 0 saturated carbocycles. The molecule has 1 atom stereocenters. The average molecular weight is 404 g/mol. The molecule has 7 nitrogen and oxygen atoms in total. The van der Waals surface area contributed by atoms with Crippen molar-refractivity contribution >= 4 is 16.9 Å². The molecule has 2 aliphatic rings. The summed E-state index contributed by atoms with van der Waals surface area (Å²) in [6.45, 7) is 5.67. The molecule has 0 amide bonds. The van der Waals surface area contributed by atoms with Gasteiger partial charge in [-0.05, 0) is 42.7 Å². The minimum absolute atomic E-state index is 0.0979. The number of rotatable bonds is 3. The predicted octanol–water partition coefficient (Wildman–Crippen LogP) is 2.51. The van der Waals surface area contributed by atoms with Crippen LogP contribution >= 0.6 is 0 Å². The van der Waals surface area contributed by atoms with Crippen LogP contribution in [0.1, 0.15) is 35.6 Å². The van der Waals surface area contributed by atoms with E-state index in [2.05, 4.69) is 6.58 Å². The summed E-state index contributed by atoms with van der Waals surface area (Å²) in [6.07, 6.45) is 2.42. The molecular weight excluding hydrogens is 384 g/mol. The first-order valence-corrected chi connectivity index (χ1v) is 9.81. The van der Waals surface area contributed by atoms with Crippen molar-refractivity contribution in [2.75, 3.05) is 0 Å². The highest BCUT2D eigenvalue weighted by atomic mass is 16.6. The number of phenols is 1. The Kier molecular flexibility index (Phi) is 3.88. The number of fused-ring (bicyclic) bond motifs is 5. The number of carbonyl (C=O) groups excluding carboxylic acids is 1. The molecule has 1 aromatic carbocycles. The fourth-order valence-electron chi connectivity index (χ4n) is 4.53. The van der Waals surface area contributed by atoms with E-state index in [-0.39, 0.29) is 24.3 Å². The molecule has 3 aromatic rings. The second-order valence-corrected chi connectivity index (χ2v) is 7.71. The summed E-state index contributed by atoms with van der Waals surface area (Å²) in [5.74, 6) is -0.601. The Labute approximate surface area is 171 Å². The van der Waals surface area contributed by atoms with Gasteiger partial charge in [0.2, 0.25) is 0 Å². The van der Waals surface area contributed by atoms with Crippen LogP contribution in [-0.2, 0) is 34.7 Å². The zero-order valence-electron chi connectivity index (χ0n) is 16.4. The molecule has 0 radical (unpaired) electrons. The number of aliphatic hydroxyl groups is 1. The number of ether oxygens (including phenoxy) is 1. The SMILES string of the molecule is C=CCc1c2c(nc3ccc(O)cc13)-c1cc3c(c(=O)n1C2)COC(=O)[C@]3(O)CC. The first-order chi connectivity index (χ1) is 14.4. The highest BCUT2D eigenvalue weighted by Gasteiger charge is 2.45. The number of hydrogen-bond donors (Lipinski definition) is 2. The van der Waals surface area contributed by atoms with Crippen LogP contribution in [0, 0.1) is 0 Å². The lowest BCUT2D eigenvalue weighted by Crippen LogP contribution is -2.44. The van der Waals surface area contributed by atoms with E-state index in [1.54, 1.807) is 41.8 Å². The van der Waals surface area contributed by atoms with Gasteiger partial charge in [0.25, 0.3) is 5.56 Å². The lowest BCUT2D eigenvalue weighted by molar-refractivity contribution is -0.172. The molecule has 2 aromatic heterocycles. The summed E-state index contributed by atoms with van der Waals surface area (Å²) < 4.78 is 6.72. The van der Waals surface area contributed by atoms with Gasteiger partial charge < -0.3 is 19.5 Å². The van der Waals surface area contributed by atoms with Gasteiger partial charge >= 0.3 is 5.97 Å². The number of aromatic hydroxyl groups is 1. The summed E-state index contributed by atoms with van der Waals surface area (Å²) in [5.41, 5.74) is 2.16. The van der Waals surface area contributed by atoms with Gasteiger partial charge in [0.15, 0.2) is 5.60 Å². The standard InChI is InChI=1S/C23H20N2O5/c1-3-5-13-14-8-12(26)6-7-18(14)24-20-15(13)10-25-19(20)9-17-16(21(25)27)11-30-22(28)23(17,29)4-2/h3,6-9,26,29H,1,4-5,10-11H2,2H3/t23-/m0/s1. The van der Waals surface area contributed by atoms with E-state index < -0.39 is 11.6 Å². The molecule has 2 aliphatic heterocycles. The number of allylic oxidation sites excluding steroid dienone is 1. The number of carbonyl (C=O) groups is 1. The van der Waals surface area contributed by atoms with Crippen LogP contribution in [0.3, 0.4) is 0 Å². The number of hydrogen-bond acceptors (Lipinski definition) is 6. The van der Waals surface area contributed by atoms with Crippen molar-refractivity contribution in [1.29, 1.82) is 0 Å². The molecule has 5 rings (SSSR count). The Hall–Kier alpha value is -3.45. The van der Waals surface area contributed by atoms with Gasteiger partial charge in [0.05, 0.1) is 29.0 Å². The quantitative estimate of drug-likeness (QED) is 0.402. The molecule has 4 heterocycles. The Bertz CT molecular complexity index is 1320. The van der Waals surface area contributed by atoms with Crippen molar-refractivity contribution in [1.82, 2.24) is 9.55 Å². The summed E-state index contributed by atoms with van der Waals surface area (Å²) >= 11 is 0. The topological polar surface area (TPSA) is 102 Å². The van der Waals surface area contributed by atoms with E-state index in [9.17, 15) is 19.8 Å². The number of nitrogens with zero attached hydrogens (tertiary/aromatic N) is 2. The molecule has 0 aliphatic carbocycles. The van der Waals surface area contributed by atoms with Crippen molar-refractivity contribution < 1.29 is 19.7 Å². The van der Waals surface area contributed by atoms with Gasteiger partial charge in [-0.1, -0.05) is 13.0 Å². The second kappa shape index (κ2) is 6.27. The van der Waals surface area contributed by atoms with Gasteiger partial charge in [0, 0.05) is 16.5 Å². The van der Waals surface area contributed by atoms with Gasteiger partial charge in [-0.15, -0.1) is 6.58 Å². The normalized spacial score (nSPS) is 19.2. The molecule has 0 bridgehead atoms. The maximum absolute atomic E-state index is 13.3. The summed E-state index contributed by atoms with van der Waals surface area (Å²) in [5, 5.41) is 21.7. The first kappa shape index (κ1) is 18.6. The summed E-state index contributed by atoms with van der Waals surface area (Å²) in [4.78, 5) is 30.3. The number of cyclic esters (lactones) is 1. The number of aromatic nitrogens is 2. The predicted molar refractivity (Wildman–Crippen MR) is 110 cm³/mol. The van der Waals surface area contributed by atoms with E-state index in [1.807, 2.05) is 0 Å². The van der Waals surface area contributed by atoms with Crippen LogP contribution in [0.15, 0.2) is 41.7 Å². The van der Waals surface area contributed by atoms with E-state index in [0.29, 0.717) is 41.0 Å².